The fourth-order valence-electron chi connectivity index (χ4n) is 1.97. The topological polar surface area (TPSA) is 40.5 Å². The van der Waals surface area contributed by atoms with E-state index in [1.54, 1.807) is 0 Å². The number of aliphatic hydroxyl groups excluding tert-OH is 2. The van der Waals surface area contributed by atoms with Crippen LogP contribution in [-0.4, -0.2) is 23.4 Å². The number of allylic oxidation sites excluding steroid dienone is 2. The molecule has 2 nitrogen and oxygen atoms in total. The molecule has 2 heteroatoms. The highest BCUT2D eigenvalue weighted by atomic mass is 16.3. The van der Waals surface area contributed by atoms with Crippen LogP contribution in [-0.2, 0) is 0 Å². The first-order valence-corrected chi connectivity index (χ1v) is 4.75. The van der Waals surface area contributed by atoms with Crippen LogP contribution in [0.15, 0.2) is 12.2 Å². The highest BCUT2D eigenvalue weighted by Crippen LogP contribution is 2.30. The lowest BCUT2D eigenvalue weighted by Gasteiger charge is -2.27. The fourth-order valence-corrected chi connectivity index (χ4v) is 1.97. The normalized spacial score (nSPS) is 29.2. The minimum absolute atomic E-state index is 0.278. The molecule has 2 atom stereocenters. The molecule has 2 unspecified atom stereocenters. The number of rotatable bonds is 4. The van der Waals surface area contributed by atoms with E-state index in [0.29, 0.717) is 11.8 Å². The molecule has 0 fully saturated rings. The van der Waals surface area contributed by atoms with E-state index in [1.807, 2.05) is 0 Å². The van der Waals surface area contributed by atoms with Crippen molar-refractivity contribution in [3.8, 4) is 0 Å². The maximum Gasteiger partial charge on any atom is 0.0433 e. The molecular weight excluding hydrogens is 152 g/mol. The lowest BCUT2D eigenvalue weighted by Crippen LogP contribution is -2.19. The van der Waals surface area contributed by atoms with Crippen LogP contribution in [0.3, 0.4) is 0 Å². The fraction of sp³-hybridized carbons (Fsp3) is 0.800. The predicted molar refractivity (Wildman–Crippen MR) is 48.8 cm³/mol. The van der Waals surface area contributed by atoms with E-state index < -0.39 is 0 Å². The van der Waals surface area contributed by atoms with Crippen molar-refractivity contribution in [1.82, 2.24) is 0 Å². The zero-order chi connectivity index (χ0) is 8.81. The van der Waals surface area contributed by atoms with Crippen molar-refractivity contribution < 1.29 is 10.2 Å². The first-order valence-electron chi connectivity index (χ1n) is 4.75. The Morgan fingerprint density at radius 3 is 1.67 bits per heavy atom. The molecule has 0 saturated carbocycles. The molecule has 0 saturated heterocycles. The number of hydrogen-bond donors (Lipinski definition) is 2. The molecule has 0 amide bonds. The molecule has 0 aromatic heterocycles. The Kier molecular flexibility index (Phi) is 4.33. The van der Waals surface area contributed by atoms with Gasteiger partial charge in [0.25, 0.3) is 0 Å². The van der Waals surface area contributed by atoms with Gasteiger partial charge in [-0.2, -0.15) is 0 Å². The van der Waals surface area contributed by atoms with Crippen molar-refractivity contribution in [3.05, 3.63) is 12.2 Å². The molecule has 0 heterocycles. The Morgan fingerprint density at radius 1 is 0.917 bits per heavy atom. The van der Waals surface area contributed by atoms with Gasteiger partial charge >= 0.3 is 0 Å². The summed E-state index contributed by atoms with van der Waals surface area (Å²) in [7, 11) is 0. The standard InChI is InChI=1S/C10H18O2/c11-7-5-9-3-1-2-4-10(9)6-8-12/h1-2,9-12H,3-8H2. The van der Waals surface area contributed by atoms with Gasteiger partial charge in [-0.05, 0) is 37.5 Å². The Morgan fingerprint density at radius 2 is 1.33 bits per heavy atom. The summed E-state index contributed by atoms with van der Waals surface area (Å²) in [5.41, 5.74) is 0. The highest BCUT2D eigenvalue weighted by molar-refractivity contribution is 4.94. The summed E-state index contributed by atoms with van der Waals surface area (Å²) < 4.78 is 0. The molecule has 0 spiro atoms. The average molecular weight is 170 g/mol. The molecule has 1 aliphatic carbocycles. The molecule has 2 N–H and O–H groups in total. The molecular formula is C10H18O2. The summed E-state index contributed by atoms with van der Waals surface area (Å²) in [5.74, 6) is 1.18. The number of aliphatic hydroxyl groups is 2. The molecule has 1 rings (SSSR count). The zero-order valence-corrected chi connectivity index (χ0v) is 7.45. The zero-order valence-electron chi connectivity index (χ0n) is 7.45. The summed E-state index contributed by atoms with van der Waals surface area (Å²) in [4.78, 5) is 0. The van der Waals surface area contributed by atoms with Gasteiger partial charge in [0.15, 0.2) is 0 Å². The van der Waals surface area contributed by atoms with Crippen molar-refractivity contribution in [2.24, 2.45) is 11.8 Å². The van der Waals surface area contributed by atoms with Gasteiger partial charge in [0, 0.05) is 13.2 Å². The van der Waals surface area contributed by atoms with Gasteiger partial charge in [-0.25, -0.2) is 0 Å². The first kappa shape index (κ1) is 9.75. The third-order valence-corrected chi connectivity index (χ3v) is 2.71. The Bertz CT molecular complexity index is 127. The van der Waals surface area contributed by atoms with Crippen LogP contribution in [0.4, 0.5) is 0 Å². The second-order valence-corrected chi connectivity index (χ2v) is 3.49. The van der Waals surface area contributed by atoms with E-state index in [-0.39, 0.29) is 13.2 Å². The second kappa shape index (κ2) is 5.33. The van der Waals surface area contributed by atoms with Crippen molar-refractivity contribution >= 4 is 0 Å². The summed E-state index contributed by atoms with van der Waals surface area (Å²) in [5, 5.41) is 17.6. The van der Waals surface area contributed by atoms with Crippen LogP contribution < -0.4 is 0 Å². The molecule has 0 bridgehead atoms. The van der Waals surface area contributed by atoms with Crippen LogP contribution in [0, 0.1) is 11.8 Å². The molecule has 0 aromatic rings. The van der Waals surface area contributed by atoms with Crippen molar-refractivity contribution in [3.63, 3.8) is 0 Å². The van der Waals surface area contributed by atoms with Gasteiger partial charge in [-0.3, -0.25) is 0 Å². The maximum absolute atomic E-state index is 8.82. The summed E-state index contributed by atoms with van der Waals surface area (Å²) in [6, 6.07) is 0. The third-order valence-electron chi connectivity index (χ3n) is 2.71. The van der Waals surface area contributed by atoms with E-state index in [0.717, 1.165) is 25.7 Å². The molecule has 70 valence electrons. The summed E-state index contributed by atoms with van der Waals surface area (Å²) in [6.07, 6.45) is 8.29. The monoisotopic (exact) mass is 170 g/mol. The van der Waals surface area contributed by atoms with Gasteiger partial charge in [0.2, 0.25) is 0 Å². The molecule has 1 aliphatic rings. The van der Waals surface area contributed by atoms with Crippen LogP contribution in [0.2, 0.25) is 0 Å². The number of hydrogen-bond acceptors (Lipinski definition) is 2. The van der Waals surface area contributed by atoms with Crippen molar-refractivity contribution in [1.29, 1.82) is 0 Å². The largest absolute Gasteiger partial charge is 0.396 e. The van der Waals surface area contributed by atoms with E-state index in [1.165, 1.54) is 0 Å². The average Bonchev–Trinajstić information content (AvgIpc) is 2.09. The van der Waals surface area contributed by atoms with Crippen molar-refractivity contribution in [2.75, 3.05) is 13.2 Å². The summed E-state index contributed by atoms with van der Waals surface area (Å²) in [6.45, 7) is 0.556. The molecule has 0 radical (unpaired) electrons. The van der Waals surface area contributed by atoms with Gasteiger partial charge in [0.1, 0.15) is 0 Å². The van der Waals surface area contributed by atoms with Crippen molar-refractivity contribution in [2.45, 2.75) is 25.7 Å². The Balaban J connectivity index is 2.39. The summed E-state index contributed by atoms with van der Waals surface area (Å²) >= 11 is 0. The lowest BCUT2D eigenvalue weighted by atomic mass is 9.79. The second-order valence-electron chi connectivity index (χ2n) is 3.49. The van der Waals surface area contributed by atoms with E-state index in [2.05, 4.69) is 12.2 Å². The van der Waals surface area contributed by atoms with Gasteiger partial charge < -0.3 is 10.2 Å². The molecule has 12 heavy (non-hydrogen) atoms. The van der Waals surface area contributed by atoms with E-state index in [4.69, 9.17) is 10.2 Å². The smallest absolute Gasteiger partial charge is 0.0433 e. The maximum atomic E-state index is 8.82. The van der Waals surface area contributed by atoms with Crippen LogP contribution >= 0.6 is 0 Å². The van der Waals surface area contributed by atoms with E-state index >= 15 is 0 Å². The van der Waals surface area contributed by atoms with Crippen LogP contribution in [0.25, 0.3) is 0 Å². The highest BCUT2D eigenvalue weighted by Gasteiger charge is 2.20. The minimum Gasteiger partial charge on any atom is -0.396 e. The SMILES string of the molecule is OCCC1CC=CCC1CCO. The first-order chi connectivity index (χ1) is 5.88. The Hall–Kier alpha value is -0.340. The predicted octanol–water partition coefficient (Wildman–Crippen LogP) is 1.33. The Labute approximate surface area is 73.9 Å². The molecule has 0 aromatic carbocycles. The van der Waals surface area contributed by atoms with Gasteiger partial charge in [0.05, 0.1) is 0 Å². The van der Waals surface area contributed by atoms with E-state index in [9.17, 15) is 0 Å². The third kappa shape index (κ3) is 2.61. The van der Waals surface area contributed by atoms with Gasteiger partial charge in [-0.1, -0.05) is 12.2 Å². The molecule has 0 aliphatic heterocycles. The van der Waals surface area contributed by atoms with Crippen LogP contribution in [0.5, 0.6) is 0 Å². The van der Waals surface area contributed by atoms with Gasteiger partial charge in [-0.15, -0.1) is 0 Å². The minimum atomic E-state index is 0.278. The van der Waals surface area contributed by atoms with Crippen LogP contribution in [0.1, 0.15) is 25.7 Å². The quantitative estimate of drug-likeness (QED) is 0.625. The lowest BCUT2D eigenvalue weighted by molar-refractivity contribution is 0.179.